The molecule has 1 saturated carbocycles. The normalized spacial score (nSPS) is 15.8. The van der Waals surface area contributed by atoms with Crippen molar-refractivity contribution in [2.24, 2.45) is 0 Å². The quantitative estimate of drug-likeness (QED) is 0.591. The van der Waals surface area contributed by atoms with Crippen molar-refractivity contribution >= 4 is 28.2 Å². The predicted molar refractivity (Wildman–Crippen MR) is 82.4 cm³/mol. The highest BCUT2D eigenvalue weighted by Crippen LogP contribution is 2.33. The minimum Gasteiger partial charge on any atom is -0.477 e. The maximum atomic E-state index is 11.1. The Morgan fingerprint density at radius 1 is 1.32 bits per heavy atom. The van der Waals surface area contributed by atoms with Crippen LogP contribution in [-0.4, -0.2) is 27.0 Å². The number of carboxylic acids is 1. The van der Waals surface area contributed by atoms with Crippen LogP contribution in [0.3, 0.4) is 0 Å². The SMILES string of the molecule is O=C(O)c1cc2c(NC3CCCCC3)ccc([N+](=O)[O-])c2[nH]1. The van der Waals surface area contributed by atoms with Crippen LogP contribution < -0.4 is 5.32 Å². The number of nitrogens with zero attached hydrogens (tertiary/aromatic N) is 1. The molecule has 0 aliphatic heterocycles. The molecule has 3 rings (SSSR count). The molecular formula is C15H17N3O4. The average molecular weight is 303 g/mol. The lowest BCUT2D eigenvalue weighted by atomic mass is 9.95. The minimum absolute atomic E-state index is 0.0454. The average Bonchev–Trinajstić information content (AvgIpc) is 2.94. The van der Waals surface area contributed by atoms with Gasteiger partial charge in [-0.2, -0.15) is 0 Å². The molecule has 0 unspecified atom stereocenters. The number of rotatable bonds is 4. The summed E-state index contributed by atoms with van der Waals surface area (Å²) in [7, 11) is 0. The van der Waals surface area contributed by atoms with Gasteiger partial charge in [0, 0.05) is 23.2 Å². The van der Waals surface area contributed by atoms with Gasteiger partial charge in [-0.05, 0) is 25.0 Å². The number of benzene rings is 1. The standard InChI is InChI=1S/C15H17N3O4/c19-15(20)12-8-10-11(16-9-4-2-1-3-5-9)6-7-13(18(21)22)14(10)17-12/h6-9,16-17H,1-5H2,(H,19,20). The Morgan fingerprint density at radius 2 is 2.05 bits per heavy atom. The summed E-state index contributed by atoms with van der Waals surface area (Å²) in [4.78, 5) is 24.4. The number of carbonyl (C=O) groups is 1. The van der Waals surface area contributed by atoms with Crippen molar-refractivity contribution in [1.29, 1.82) is 0 Å². The van der Waals surface area contributed by atoms with Crippen LogP contribution in [0, 0.1) is 10.1 Å². The number of nitrogens with one attached hydrogen (secondary N) is 2. The third kappa shape index (κ3) is 2.61. The number of aromatic carboxylic acids is 1. The van der Waals surface area contributed by atoms with Gasteiger partial charge in [0.2, 0.25) is 0 Å². The summed E-state index contributed by atoms with van der Waals surface area (Å²) in [6.45, 7) is 0. The van der Waals surface area contributed by atoms with Crippen molar-refractivity contribution in [1.82, 2.24) is 4.98 Å². The van der Waals surface area contributed by atoms with Crippen molar-refractivity contribution in [2.75, 3.05) is 5.32 Å². The van der Waals surface area contributed by atoms with Crippen molar-refractivity contribution < 1.29 is 14.8 Å². The predicted octanol–water partition coefficient (Wildman–Crippen LogP) is 3.52. The minimum atomic E-state index is -1.13. The topological polar surface area (TPSA) is 108 Å². The molecule has 1 aromatic carbocycles. The highest BCUT2D eigenvalue weighted by atomic mass is 16.6. The lowest BCUT2D eigenvalue weighted by Crippen LogP contribution is -2.22. The molecule has 7 nitrogen and oxygen atoms in total. The summed E-state index contributed by atoms with van der Waals surface area (Å²) in [5.74, 6) is -1.13. The summed E-state index contributed by atoms with van der Waals surface area (Å²) in [6, 6.07) is 4.86. The fourth-order valence-electron chi connectivity index (χ4n) is 3.06. The van der Waals surface area contributed by atoms with Gasteiger partial charge < -0.3 is 15.4 Å². The molecule has 3 N–H and O–H groups in total. The van der Waals surface area contributed by atoms with E-state index >= 15 is 0 Å². The molecule has 0 radical (unpaired) electrons. The molecule has 22 heavy (non-hydrogen) atoms. The van der Waals surface area contributed by atoms with E-state index in [0.29, 0.717) is 11.4 Å². The van der Waals surface area contributed by atoms with Gasteiger partial charge in [-0.3, -0.25) is 10.1 Å². The number of fused-ring (bicyclic) bond motifs is 1. The molecule has 7 heteroatoms. The number of nitro benzene ring substituents is 1. The molecule has 0 atom stereocenters. The highest BCUT2D eigenvalue weighted by Gasteiger charge is 2.21. The van der Waals surface area contributed by atoms with Gasteiger partial charge >= 0.3 is 5.97 Å². The molecule has 0 saturated heterocycles. The molecule has 1 aliphatic carbocycles. The van der Waals surface area contributed by atoms with E-state index < -0.39 is 10.9 Å². The second kappa shape index (κ2) is 5.67. The molecule has 1 fully saturated rings. The molecule has 2 aromatic rings. The molecule has 0 spiro atoms. The second-order valence-electron chi connectivity index (χ2n) is 5.65. The Kier molecular flexibility index (Phi) is 3.70. The van der Waals surface area contributed by atoms with Gasteiger partial charge in [0.05, 0.1) is 4.92 Å². The first-order valence-electron chi connectivity index (χ1n) is 7.36. The summed E-state index contributed by atoms with van der Waals surface area (Å²) in [5.41, 5.74) is 0.840. The van der Waals surface area contributed by atoms with Crippen LogP contribution in [0.15, 0.2) is 18.2 Å². The fourth-order valence-corrected chi connectivity index (χ4v) is 3.06. The smallest absolute Gasteiger partial charge is 0.352 e. The number of hydrogen-bond acceptors (Lipinski definition) is 4. The van der Waals surface area contributed by atoms with Gasteiger partial charge in [0.1, 0.15) is 11.2 Å². The maximum absolute atomic E-state index is 11.1. The van der Waals surface area contributed by atoms with Crippen LogP contribution in [0.1, 0.15) is 42.6 Å². The lowest BCUT2D eigenvalue weighted by Gasteiger charge is -2.24. The third-order valence-corrected chi connectivity index (χ3v) is 4.16. The van der Waals surface area contributed by atoms with Gasteiger partial charge in [0.25, 0.3) is 5.69 Å². The van der Waals surface area contributed by atoms with Crippen LogP contribution in [-0.2, 0) is 0 Å². The van der Waals surface area contributed by atoms with E-state index in [2.05, 4.69) is 10.3 Å². The molecule has 1 aliphatic rings. The van der Waals surface area contributed by atoms with E-state index in [9.17, 15) is 14.9 Å². The van der Waals surface area contributed by atoms with Gasteiger partial charge in [-0.15, -0.1) is 0 Å². The van der Waals surface area contributed by atoms with Crippen LogP contribution in [0.2, 0.25) is 0 Å². The number of H-pyrrole nitrogens is 1. The van der Waals surface area contributed by atoms with E-state index in [1.165, 1.54) is 31.4 Å². The van der Waals surface area contributed by atoms with Crippen LogP contribution in [0.5, 0.6) is 0 Å². The van der Waals surface area contributed by atoms with Gasteiger partial charge in [-0.1, -0.05) is 19.3 Å². The zero-order valence-electron chi connectivity index (χ0n) is 12.0. The molecule has 0 amide bonds. The Bertz CT molecular complexity index is 732. The van der Waals surface area contributed by atoms with Crippen LogP contribution >= 0.6 is 0 Å². The number of anilines is 1. The maximum Gasteiger partial charge on any atom is 0.352 e. The number of aromatic nitrogens is 1. The molecule has 1 aromatic heterocycles. The number of nitro groups is 1. The summed E-state index contributed by atoms with van der Waals surface area (Å²) in [6.07, 6.45) is 5.70. The van der Waals surface area contributed by atoms with E-state index in [1.807, 2.05) is 0 Å². The van der Waals surface area contributed by atoms with Crippen molar-refractivity contribution in [3.05, 3.63) is 34.0 Å². The Hall–Kier alpha value is -2.57. The van der Waals surface area contributed by atoms with E-state index in [0.717, 1.165) is 18.5 Å². The largest absolute Gasteiger partial charge is 0.477 e. The number of non-ortho nitro benzene ring substituents is 1. The first kappa shape index (κ1) is 14.4. The number of carboxylic acid groups (broad SMARTS) is 1. The summed E-state index contributed by atoms with van der Waals surface area (Å²) in [5, 5.41) is 24.2. The van der Waals surface area contributed by atoms with Crippen LogP contribution in [0.4, 0.5) is 11.4 Å². The van der Waals surface area contributed by atoms with Crippen molar-refractivity contribution in [3.63, 3.8) is 0 Å². The molecular weight excluding hydrogens is 286 g/mol. The zero-order valence-corrected chi connectivity index (χ0v) is 12.0. The third-order valence-electron chi connectivity index (χ3n) is 4.16. The number of aromatic amines is 1. The Morgan fingerprint density at radius 3 is 2.68 bits per heavy atom. The van der Waals surface area contributed by atoms with E-state index in [-0.39, 0.29) is 16.9 Å². The summed E-state index contributed by atoms with van der Waals surface area (Å²) < 4.78 is 0. The zero-order chi connectivity index (χ0) is 15.7. The van der Waals surface area contributed by atoms with E-state index in [4.69, 9.17) is 5.11 Å². The van der Waals surface area contributed by atoms with Crippen molar-refractivity contribution in [3.8, 4) is 0 Å². The summed E-state index contributed by atoms with van der Waals surface area (Å²) >= 11 is 0. The number of hydrogen-bond donors (Lipinski definition) is 3. The van der Waals surface area contributed by atoms with Crippen LogP contribution in [0.25, 0.3) is 10.9 Å². The van der Waals surface area contributed by atoms with Gasteiger partial charge in [0.15, 0.2) is 0 Å². The first-order valence-corrected chi connectivity index (χ1v) is 7.36. The highest BCUT2D eigenvalue weighted by molar-refractivity contribution is 6.03. The Labute approximate surface area is 126 Å². The molecule has 0 bridgehead atoms. The lowest BCUT2D eigenvalue weighted by molar-refractivity contribution is -0.383. The monoisotopic (exact) mass is 303 g/mol. The molecule has 1 heterocycles. The first-order chi connectivity index (χ1) is 10.6. The Balaban J connectivity index is 2.04. The fraction of sp³-hybridized carbons (Fsp3) is 0.400. The van der Waals surface area contributed by atoms with Crippen molar-refractivity contribution in [2.45, 2.75) is 38.1 Å². The van der Waals surface area contributed by atoms with E-state index in [1.54, 1.807) is 6.07 Å². The van der Waals surface area contributed by atoms with Gasteiger partial charge in [-0.25, -0.2) is 4.79 Å². The molecule has 116 valence electrons. The second-order valence-corrected chi connectivity index (χ2v) is 5.65.